The van der Waals surface area contributed by atoms with Gasteiger partial charge in [-0.1, -0.05) is 6.07 Å². The van der Waals surface area contributed by atoms with E-state index in [-0.39, 0.29) is 6.04 Å². The predicted molar refractivity (Wildman–Crippen MR) is 63.8 cm³/mol. The molecule has 1 heterocycles. The molecule has 5 nitrogen and oxygen atoms in total. The standard InChI is InChI=1S/C11H15NO4S/c1-8(12-17(2,13)14)9-3-4-10-11(7-9)16-6-5-15-10/h3-4,7-8,12H,5-6H2,1-2H3/t8-/m1/s1. The second-order valence-corrected chi connectivity index (χ2v) is 5.79. The quantitative estimate of drug-likeness (QED) is 0.879. The molecule has 0 amide bonds. The van der Waals surface area contributed by atoms with Crippen molar-refractivity contribution < 1.29 is 17.9 Å². The molecule has 0 aromatic heterocycles. The first-order chi connectivity index (χ1) is 7.96. The van der Waals surface area contributed by atoms with Crippen molar-refractivity contribution in [1.82, 2.24) is 4.72 Å². The van der Waals surface area contributed by atoms with E-state index >= 15 is 0 Å². The Hall–Kier alpha value is -1.27. The Balaban J connectivity index is 2.22. The van der Waals surface area contributed by atoms with Crippen molar-refractivity contribution >= 4 is 10.0 Å². The number of benzene rings is 1. The van der Waals surface area contributed by atoms with Gasteiger partial charge < -0.3 is 9.47 Å². The third-order valence-electron chi connectivity index (χ3n) is 2.46. The van der Waals surface area contributed by atoms with Crippen LogP contribution in [0.2, 0.25) is 0 Å². The second-order valence-electron chi connectivity index (χ2n) is 4.01. The van der Waals surface area contributed by atoms with Gasteiger partial charge in [0.15, 0.2) is 11.5 Å². The number of hydrogen-bond donors (Lipinski definition) is 1. The molecule has 0 radical (unpaired) electrons. The highest BCUT2D eigenvalue weighted by Gasteiger charge is 2.16. The Bertz CT molecular complexity index is 512. The van der Waals surface area contributed by atoms with E-state index in [1.165, 1.54) is 0 Å². The first-order valence-corrected chi connectivity index (χ1v) is 7.22. The van der Waals surface area contributed by atoms with Gasteiger partial charge >= 0.3 is 0 Å². The molecule has 17 heavy (non-hydrogen) atoms. The van der Waals surface area contributed by atoms with Crippen LogP contribution in [0.25, 0.3) is 0 Å². The fourth-order valence-electron chi connectivity index (χ4n) is 1.72. The van der Waals surface area contributed by atoms with Crippen LogP contribution >= 0.6 is 0 Å². The lowest BCUT2D eigenvalue weighted by Gasteiger charge is -2.20. The molecule has 0 saturated carbocycles. The molecule has 0 aliphatic carbocycles. The maximum atomic E-state index is 11.1. The van der Waals surface area contributed by atoms with E-state index in [2.05, 4.69) is 4.72 Å². The normalized spacial score (nSPS) is 16.6. The van der Waals surface area contributed by atoms with Crippen molar-refractivity contribution in [3.63, 3.8) is 0 Å². The van der Waals surface area contributed by atoms with Crippen LogP contribution in [0.5, 0.6) is 11.5 Å². The molecule has 1 aliphatic rings. The van der Waals surface area contributed by atoms with Crippen LogP contribution in [0, 0.1) is 0 Å². The Morgan fingerprint density at radius 2 is 1.88 bits per heavy atom. The van der Waals surface area contributed by atoms with Crippen molar-refractivity contribution in [2.75, 3.05) is 19.5 Å². The topological polar surface area (TPSA) is 64.6 Å². The summed E-state index contributed by atoms with van der Waals surface area (Å²) in [6.07, 6.45) is 1.14. The molecule has 0 unspecified atom stereocenters. The van der Waals surface area contributed by atoms with E-state index in [9.17, 15) is 8.42 Å². The monoisotopic (exact) mass is 257 g/mol. The van der Waals surface area contributed by atoms with Gasteiger partial charge in [0, 0.05) is 6.04 Å². The molecular formula is C11H15NO4S. The lowest BCUT2D eigenvalue weighted by atomic mass is 10.1. The fraction of sp³-hybridized carbons (Fsp3) is 0.455. The minimum atomic E-state index is -3.21. The summed E-state index contributed by atoms with van der Waals surface area (Å²) in [6.45, 7) is 2.85. The van der Waals surface area contributed by atoms with Crippen LogP contribution in [0.15, 0.2) is 18.2 Å². The highest BCUT2D eigenvalue weighted by Crippen LogP contribution is 2.32. The molecule has 0 spiro atoms. The van der Waals surface area contributed by atoms with Gasteiger partial charge in [-0.15, -0.1) is 0 Å². The molecule has 0 saturated heterocycles. The fourth-order valence-corrected chi connectivity index (χ4v) is 2.50. The number of hydrogen-bond acceptors (Lipinski definition) is 4. The van der Waals surface area contributed by atoms with Crippen molar-refractivity contribution in [3.8, 4) is 11.5 Å². The molecule has 1 aliphatic heterocycles. The molecule has 94 valence electrons. The minimum Gasteiger partial charge on any atom is -0.486 e. The summed E-state index contributed by atoms with van der Waals surface area (Å²) >= 11 is 0. The predicted octanol–water partition coefficient (Wildman–Crippen LogP) is 1.07. The Labute approximate surface area is 101 Å². The van der Waals surface area contributed by atoms with Crippen molar-refractivity contribution in [2.45, 2.75) is 13.0 Å². The van der Waals surface area contributed by atoms with E-state index in [1.807, 2.05) is 6.07 Å². The van der Waals surface area contributed by atoms with E-state index < -0.39 is 10.0 Å². The van der Waals surface area contributed by atoms with Gasteiger partial charge in [0.05, 0.1) is 6.26 Å². The smallest absolute Gasteiger partial charge is 0.209 e. The zero-order chi connectivity index (χ0) is 12.5. The molecule has 0 bridgehead atoms. The van der Waals surface area contributed by atoms with Gasteiger partial charge in [-0.25, -0.2) is 13.1 Å². The summed E-state index contributed by atoms with van der Waals surface area (Å²) in [7, 11) is -3.21. The van der Waals surface area contributed by atoms with E-state index in [4.69, 9.17) is 9.47 Å². The van der Waals surface area contributed by atoms with Gasteiger partial charge in [-0.05, 0) is 24.6 Å². The lowest BCUT2D eigenvalue weighted by molar-refractivity contribution is 0.171. The van der Waals surface area contributed by atoms with Crippen molar-refractivity contribution in [2.24, 2.45) is 0 Å². The number of ether oxygens (including phenoxy) is 2. The van der Waals surface area contributed by atoms with Gasteiger partial charge in [0.2, 0.25) is 10.0 Å². The van der Waals surface area contributed by atoms with E-state index in [0.717, 1.165) is 11.8 Å². The summed E-state index contributed by atoms with van der Waals surface area (Å²) in [4.78, 5) is 0. The summed E-state index contributed by atoms with van der Waals surface area (Å²) < 4.78 is 35.6. The lowest BCUT2D eigenvalue weighted by Crippen LogP contribution is -2.25. The van der Waals surface area contributed by atoms with Crippen molar-refractivity contribution in [3.05, 3.63) is 23.8 Å². The maximum Gasteiger partial charge on any atom is 0.209 e. The third-order valence-corrected chi connectivity index (χ3v) is 3.24. The van der Waals surface area contributed by atoms with Crippen molar-refractivity contribution in [1.29, 1.82) is 0 Å². The summed E-state index contributed by atoms with van der Waals surface area (Å²) in [6, 6.07) is 5.14. The molecule has 1 atom stereocenters. The van der Waals surface area contributed by atoms with Gasteiger partial charge in [0.1, 0.15) is 13.2 Å². The molecule has 1 aromatic carbocycles. The molecule has 1 N–H and O–H groups in total. The molecule has 6 heteroatoms. The first kappa shape index (κ1) is 12.2. The van der Waals surface area contributed by atoms with E-state index in [0.29, 0.717) is 24.7 Å². The number of fused-ring (bicyclic) bond motifs is 1. The average Bonchev–Trinajstić information content (AvgIpc) is 2.26. The first-order valence-electron chi connectivity index (χ1n) is 5.32. The van der Waals surface area contributed by atoms with Crippen LogP contribution in [0.1, 0.15) is 18.5 Å². The highest BCUT2D eigenvalue weighted by molar-refractivity contribution is 7.88. The second kappa shape index (κ2) is 4.54. The van der Waals surface area contributed by atoms with E-state index in [1.54, 1.807) is 19.1 Å². The van der Waals surface area contributed by atoms with Crippen LogP contribution in [-0.2, 0) is 10.0 Å². The third kappa shape index (κ3) is 3.10. The summed E-state index contributed by atoms with van der Waals surface area (Å²) in [5, 5.41) is 0. The zero-order valence-electron chi connectivity index (χ0n) is 9.76. The number of nitrogens with one attached hydrogen (secondary N) is 1. The highest BCUT2D eigenvalue weighted by atomic mass is 32.2. The van der Waals surface area contributed by atoms with Crippen LogP contribution in [-0.4, -0.2) is 27.9 Å². The Morgan fingerprint density at radius 3 is 2.53 bits per heavy atom. The van der Waals surface area contributed by atoms with Crippen LogP contribution < -0.4 is 14.2 Å². The van der Waals surface area contributed by atoms with Crippen LogP contribution in [0.3, 0.4) is 0 Å². The van der Waals surface area contributed by atoms with Crippen LogP contribution in [0.4, 0.5) is 0 Å². The summed E-state index contributed by atoms with van der Waals surface area (Å²) in [5.41, 5.74) is 0.847. The molecule has 0 fully saturated rings. The zero-order valence-corrected chi connectivity index (χ0v) is 10.6. The summed E-state index contributed by atoms with van der Waals surface area (Å²) in [5.74, 6) is 1.36. The largest absolute Gasteiger partial charge is 0.486 e. The van der Waals surface area contributed by atoms with Gasteiger partial charge in [0.25, 0.3) is 0 Å². The molecule has 1 aromatic rings. The van der Waals surface area contributed by atoms with Gasteiger partial charge in [-0.2, -0.15) is 0 Å². The maximum absolute atomic E-state index is 11.1. The Morgan fingerprint density at radius 1 is 1.24 bits per heavy atom. The SMILES string of the molecule is C[C@@H](NS(C)(=O)=O)c1ccc2c(c1)OCCO2. The van der Waals surface area contributed by atoms with Gasteiger partial charge in [-0.3, -0.25) is 0 Å². The Kier molecular flexibility index (Phi) is 3.26. The molecular weight excluding hydrogens is 242 g/mol. The number of rotatable bonds is 3. The minimum absolute atomic E-state index is 0.291. The molecule has 2 rings (SSSR count). The number of sulfonamides is 1. The average molecular weight is 257 g/mol.